The Morgan fingerprint density at radius 2 is 0.729 bits per heavy atom. The molecule has 9 aromatic carbocycles. The molecule has 1 atom stereocenters. The second kappa shape index (κ2) is 15.0. The molecule has 1 spiro atoms. The number of anilines is 6. The van der Waals surface area contributed by atoms with E-state index in [-0.39, 0.29) is 5.41 Å². The molecule has 0 amide bonds. The molecule has 0 radical (unpaired) electrons. The van der Waals surface area contributed by atoms with Crippen molar-refractivity contribution >= 4 is 34.1 Å². The van der Waals surface area contributed by atoms with Gasteiger partial charge in [0.15, 0.2) is 0 Å². The zero-order valence-electron chi connectivity index (χ0n) is 40.0. The van der Waals surface area contributed by atoms with Gasteiger partial charge in [0.05, 0.1) is 5.41 Å². The molecule has 4 bridgehead atoms. The molecule has 9 aromatic rings. The average molecular weight is 901 g/mol. The van der Waals surface area contributed by atoms with E-state index in [1.54, 1.807) is 5.56 Å². The smallest absolute Gasteiger partial charge is 0.0727 e. The third kappa shape index (κ3) is 5.62. The lowest BCUT2D eigenvalue weighted by Gasteiger charge is -2.55. The van der Waals surface area contributed by atoms with Gasteiger partial charge < -0.3 is 9.80 Å². The van der Waals surface area contributed by atoms with Crippen molar-refractivity contribution < 1.29 is 0 Å². The van der Waals surface area contributed by atoms with Gasteiger partial charge in [-0.2, -0.15) is 0 Å². The minimum atomic E-state index is -0.545. The number of hydrogen-bond donors (Lipinski definition) is 0. The zero-order chi connectivity index (χ0) is 46.3. The van der Waals surface area contributed by atoms with E-state index >= 15 is 0 Å². The van der Waals surface area contributed by atoms with E-state index in [0.717, 1.165) is 35.0 Å². The van der Waals surface area contributed by atoms with E-state index in [4.69, 9.17) is 0 Å². The van der Waals surface area contributed by atoms with Gasteiger partial charge in [0, 0.05) is 39.5 Å². The summed E-state index contributed by atoms with van der Waals surface area (Å²) in [6.45, 7) is 4.77. The highest BCUT2D eigenvalue weighted by molar-refractivity contribution is 5.98. The van der Waals surface area contributed by atoms with Crippen molar-refractivity contribution in [3.8, 4) is 33.4 Å². The first-order valence-electron chi connectivity index (χ1n) is 26.0. The van der Waals surface area contributed by atoms with Gasteiger partial charge in [-0.05, 0) is 201 Å². The molecule has 4 saturated carbocycles. The molecule has 0 aromatic heterocycles. The van der Waals surface area contributed by atoms with Gasteiger partial charge in [-0.15, -0.1) is 0 Å². The van der Waals surface area contributed by atoms with Gasteiger partial charge >= 0.3 is 0 Å². The Labute approximate surface area is 412 Å². The van der Waals surface area contributed by atoms with Gasteiger partial charge in [-0.3, -0.25) is 0 Å². The Morgan fingerprint density at radius 3 is 1.29 bits per heavy atom. The molecular weight excluding hydrogens is 845 g/mol. The number of hydrogen-bond acceptors (Lipinski definition) is 2. The molecule has 2 heteroatoms. The zero-order valence-corrected chi connectivity index (χ0v) is 40.0. The normalized spacial score (nSPS) is 23.0. The maximum Gasteiger partial charge on any atom is 0.0727 e. The van der Waals surface area contributed by atoms with E-state index in [0.29, 0.717) is 5.92 Å². The second-order valence-corrected chi connectivity index (χ2v) is 22.1. The van der Waals surface area contributed by atoms with Crippen molar-refractivity contribution in [1.29, 1.82) is 0 Å². The fourth-order valence-corrected chi connectivity index (χ4v) is 15.7. The number of nitrogens with zero attached hydrogens (tertiary/aromatic N) is 2. The maximum absolute atomic E-state index is 2.61. The van der Waals surface area contributed by atoms with Crippen LogP contribution in [0.15, 0.2) is 212 Å². The van der Waals surface area contributed by atoms with Crippen molar-refractivity contribution in [2.45, 2.75) is 62.7 Å². The summed E-state index contributed by atoms with van der Waals surface area (Å²) in [6, 6.07) is 81.2. The number of para-hydroxylation sites is 3. The molecule has 0 heterocycles. The average Bonchev–Trinajstić information content (AvgIpc) is 3.95. The van der Waals surface area contributed by atoms with Crippen molar-refractivity contribution in [2.75, 3.05) is 9.80 Å². The van der Waals surface area contributed by atoms with Crippen molar-refractivity contribution in [2.24, 2.45) is 23.7 Å². The first-order chi connectivity index (χ1) is 34.4. The second-order valence-electron chi connectivity index (χ2n) is 22.1. The molecule has 4 fully saturated rings. The third-order valence-electron chi connectivity index (χ3n) is 18.2. The summed E-state index contributed by atoms with van der Waals surface area (Å²) < 4.78 is 0. The molecule has 2 nitrogen and oxygen atoms in total. The molecule has 0 aliphatic heterocycles. The summed E-state index contributed by atoms with van der Waals surface area (Å²) in [5.74, 6) is 4.03. The van der Waals surface area contributed by atoms with Crippen molar-refractivity contribution in [1.82, 2.24) is 0 Å². The summed E-state index contributed by atoms with van der Waals surface area (Å²) in [4.78, 5) is 5.10. The topological polar surface area (TPSA) is 6.48 Å². The lowest BCUT2D eigenvalue weighted by Crippen LogP contribution is -2.44. The Kier molecular flexibility index (Phi) is 8.69. The lowest BCUT2D eigenvalue weighted by atomic mass is 9.50. The van der Waals surface area contributed by atoms with E-state index < -0.39 is 5.41 Å². The molecule has 0 saturated heterocycles. The number of fused-ring (bicyclic) bond motifs is 13. The molecule has 70 heavy (non-hydrogen) atoms. The molecule has 338 valence electrons. The first-order valence-corrected chi connectivity index (χ1v) is 26.0. The van der Waals surface area contributed by atoms with E-state index in [1.165, 1.54) is 122 Å². The summed E-state index contributed by atoms with van der Waals surface area (Å²) in [7, 11) is 0. The number of benzene rings is 9. The van der Waals surface area contributed by atoms with Crippen LogP contribution in [0.4, 0.5) is 34.1 Å². The van der Waals surface area contributed by atoms with Gasteiger partial charge in [0.25, 0.3) is 0 Å². The Balaban J connectivity index is 0.939. The Bertz CT molecular complexity index is 3530. The molecular formula is C68H56N2. The highest BCUT2D eigenvalue weighted by Crippen LogP contribution is 2.65. The van der Waals surface area contributed by atoms with Gasteiger partial charge in [-0.1, -0.05) is 159 Å². The molecule has 0 N–H and O–H groups in total. The fraction of sp³-hybridized carbons (Fsp3) is 0.206. The summed E-state index contributed by atoms with van der Waals surface area (Å²) >= 11 is 0. The van der Waals surface area contributed by atoms with Crippen LogP contribution in [0, 0.1) is 23.7 Å². The standard InChI is InChI=1S/C68H56N2/c1-67(2)59-25-13-9-21-52(59)55-32-29-49(40-62(55)67)69(47-17-5-3-6-18-47)50-30-33-56-53-22-10-14-26-60(53)68(63(56)41-50)61-27-15-11-23-54(61)57-34-31-51(42-64(57)68)70(48-19-7-4-8-20-48)65-28-16-12-24-58(65)66-45-36-43-35-44(38-45)39-46(66)37-43/h3-34,40-46,66H,35-39H2,1-2H3/t43-,44+,45-,46+,66?,68?. The van der Waals surface area contributed by atoms with Crippen LogP contribution in [0.5, 0.6) is 0 Å². The summed E-state index contributed by atoms with van der Waals surface area (Å²) in [5.41, 5.74) is 24.2. The predicted octanol–water partition coefficient (Wildman–Crippen LogP) is 17.8. The van der Waals surface area contributed by atoms with Crippen LogP contribution in [0.3, 0.4) is 0 Å². The van der Waals surface area contributed by atoms with Crippen LogP contribution in [-0.4, -0.2) is 0 Å². The maximum atomic E-state index is 2.61. The molecule has 7 aliphatic carbocycles. The van der Waals surface area contributed by atoms with Gasteiger partial charge in [0.1, 0.15) is 0 Å². The molecule has 1 unspecified atom stereocenters. The van der Waals surface area contributed by atoms with E-state index in [1.807, 2.05) is 0 Å². The highest BCUT2D eigenvalue weighted by Gasteiger charge is 2.53. The minimum Gasteiger partial charge on any atom is -0.310 e. The summed E-state index contributed by atoms with van der Waals surface area (Å²) in [6.07, 6.45) is 7.07. The largest absolute Gasteiger partial charge is 0.310 e. The predicted molar refractivity (Wildman–Crippen MR) is 289 cm³/mol. The monoisotopic (exact) mass is 900 g/mol. The first kappa shape index (κ1) is 40.5. The van der Waals surface area contributed by atoms with Crippen molar-refractivity contribution in [3.05, 3.63) is 251 Å². The Hall–Kier alpha value is -7.42. The summed E-state index contributed by atoms with van der Waals surface area (Å²) in [5, 5.41) is 0. The van der Waals surface area contributed by atoms with E-state index in [2.05, 4.69) is 236 Å². The van der Waals surface area contributed by atoms with Crippen LogP contribution in [0.25, 0.3) is 33.4 Å². The van der Waals surface area contributed by atoms with Crippen molar-refractivity contribution in [3.63, 3.8) is 0 Å². The fourth-order valence-electron chi connectivity index (χ4n) is 15.7. The lowest BCUT2D eigenvalue weighted by molar-refractivity contribution is -0.00259. The van der Waals surface area contributed by atoms with Crippen LogP contribution in [0.1, 0.15) is 90.8 Å². The van der Waals surface area contributed by atoms with Gasteiger partial charge in [0.2, 0.25) is 0 Å². The quantitative estimate of drug-likeness (QED) is 0.157. The van der Waals surface area contributed by atoms with Crippen LogP contribution in [-0.2, 0) is 10.8 Å². The van der Waals surface area contributed by atoms with Gasteiger partial charge in [-0.25, -0.2) is 0 Å². The third-order valence-corrected chi connectivity index (χ3v) is 18.2. The SMILES string of the molecule is CC1(C)c2ccccc2-c2ccc(N(c3ccccc3)c3ccc4c(c3)C3(c5ccccc5-4)c4ccccc4-c4ccc(N(c5ccccc5)c5ccccc5C5[C@H]6C[C@@H]7C[C@@H](C[C@H]5C7)C6)cc43)cc21. The van der Waals surface area contributed by atoms with Crippen LogP contribution >= 0.6 is 0 Å². The Morgan fingerprint density at radius 1 is 0.329 bits per heavy atom. The molecule has 16 rings (SSSR count). The van der Waals surface area contributed by atoms with Crippen LogP contribution < -0.4 is 9.80 Å². The minimum absolute atomic E-state index is 0.118. The van der Waals surface area contributed by atoms with E-state index in [9.17, 15) is 0 Å². The highest BCUT2D eigenvalue weighted by atomic mass is 15.2. The molecule has 7 aliphatic rings. The number of rotatable bonds is 7. The van der Waals surface area contributed by atoms with Crippen LogP contribution in [0.2, 0.25) is 0 Å².